The van der Waals surface area contributed by atoms with E-state index in [-0.39, 0.29) is 5.69 Å². The highest BCUT2D eigenvalue weighted by Crippen LogP contribution is 2.24. The van der Waals surface area contributed by atoms with Crippen LogP contribution < -0.4 is 10.2 Å². The summed E-state index contributed by atoms with van der Waals surface area (Å²) >= 11 is 0. The Morgan fingerprint density at radius 1 is 1.00 bits per heavy atom. The van der Waals surface area contributed by atoms with E-state index in [1.54, 1.807) is 6.07 Å². The van der Waals surface area contributed by atoms with Crippen molar-refractivity contribution < 1.29 is 8.78 Å². The first-order valence-electron chi connectivity index (χ1n) is 7.95. The Bertz CT molecular complexity index is 662. The lowest BCUT2D eigenvalue weighted by atomic mass is 10.2. The lowest BCUT2D eigenvalue weighted by Gasteiger charge is -2.21. The zero-order valence-electron chi connectivity index (χ0n) is 13.1. The summed E-state index contributed by atoms with van der Waals surface area (Å²) in [6, 6.07) is 5.46. The number of nitrogens with one attached hydrogen (secondary N) is 1. The second-order valence-corrected chi connectivity index (χ2v) is 5.82. The van der Waals surface area contributed by atoms with E-state index in [4.69, 9.17) is 0 Å². The zero-order chi connectivity index (χ0) is 16.2. The second-order valence-electron chi connectivity index (χ2n) is 5.82. The summed E-state index contributed by atoms with van der Waals surface area (Å²) in [6.07, 6.45) is 4.66. The molecular formula is C17H20F2N4. The summed E-state index contributed by atoms with van der Waals surface area (Å²) in [5.41, 5.74) is 0.575. The first kappa shape index (κ1) is 15.6. The molecule has 1 saturated heterocycles. The minimum absolute atomic E-state index is 0.188. The molecule has 0 amide bonds. The molecule has 1 aromatic heterocycles. The molecule has 6 heteroatoms. The Hall–Kier alpha value is -2.24. The van der Waals surface area contributed by atoms with Crippen LogP contribution in [0.25, 0.3) is 0 Å². The molecule has 1 aliphatic rings. The molecule has 0 radical (unpaired) electrons. The average molecular weight is 318 g/mol. The normalized spacial score (nSPS) is 15.3. The van der Waals surface area contributed by atoms with Gasteiger partial charge in [-0.2, -0.15) is 4.98 Å². The molecule has 1 aliphatic heterocycles. The van der Waals surface area contributed by atoms with Crippen molar-refractivity contribution >= 4 is 17.5 Å². The molecule has 23 heavy (non-hydrogen) atoms. The number of aromatic nitrogens is 2. The van der Waals surface area contributed by atoms with Crippen molar-refractivity contribution in [3.05, 3.63) is 41.6 Å². The third-order valence-corrected chi connectivity index (χ3v) is 3.95. The van der Waals surface area contributed by atoms with Gasteiger partial charge in [0.05, 0.1) is 0 Å². The van der Waals surface area contributed by atoms with E-state index in [0.29, 0.717) is 11.8 Å². The summed E-state index contributed by atoms with van der Waals surface area (Å²) in [5.74, 6) is -0.262. The quantitative estimate of drug-likeness (QED) is 0.921. The van der Waals surface area contributed by atoms with Crippen LogP contribution >= 0.6 is 0 Å². The number of hydrogen-bond donors (Lipinski definition) is 1. The second kappa shape index (κ2) is 6.89. The van der Waals surface area contributed by atoms with Crippen molar-refractivity contribution in [3.8, 4) is 0 Å². The summed E-state index contributed by atoms with van der Waals surface area (Å²) in [6.45, 7) is 3.68. The summed E-state index contributed by atoms with van der Waals surface area (Å²) in [7, 11) is 0. The number of rotatable bonds is 3. The lowest BCUT2D eigenvalue weighted by molar-refractivity contribution is 0.590. The Balaban J connectivity index is 1.88. The minimum atomic E-state index is -0.641. The van der Waals surface area contributed by atoms with Crippen LogP contribution in [0.1, 0.15) is 31.4 Å². The van der Waals surface area contributed by atoms with E-state index >= 15 is 0 Å². The molecular weight excluding hydrogens is 298 g/mol. The SMILES string of the molecule is Cc1cc(Nc2c(F)cccc2F)nc(N2CCCCCC2)n1. The predicted molar refractivity (Wildman–Crippen MR) is 87.1 cm³/mol. The summed E-state index contributed by atoms with van der Waals surface area (Å²) in [4.78, 5) is 11.1. The molecule has 0 aliphatic carbocycles. The van der Waals surface area contributed by atoms with Gasteiger partial charge < -0.3 is 10.2 Å². The molecule has 0 bridgehead atoms. The third-order valence-electron chi connectivity index (χ3n) is 3.95. The van der Waals surface area contributed by atoms with Crippen molar-refractivity contribution in [3.63, 3.8) is 0 Å². The minimum Gasteiger partial charge on any atom is -0.341 e. The molecule has 0 atom stereocenters. The number of aryl methyl sites for hydroxylation is 1. The number of benzene rings is 1. The van der Waals surface area contributed by atoms with Gasteiger partial charge in [-0.25, -0.2) is 13.8 Å². The lowest BCUT2D eigenvalue weighted by Crippen LogP contribution is -2.26. The highest BCUT2D eigenvalue weighted by atomic mass is 19.1. The van der Waals surface area contributed by atoms with E-state index < -0.39 is 11.6 Å². The van der Waals surface area contributed by atoms with Crippen molar-refractivity contribution in [1.29, 1.82) is 0 Å². The molecule has 0 spiro atoms. The summed E-state index contributed by atoms with van der Waals surface area (Å²) in [5, 5.41) is 2.75. The molecule has 0 unspecified atom stereocenters. The standard InChI is InChI=1S/C17H20F2N4/c1-12-11-15(21-16-13(18)7-6-8-14(16)19)22-17(20-12)23-9-4-2-3-5-10-23/h6-8,11H,2-5,9-10H2,1H3,(H,20,21,22). The number of nitrogens with zero attached hydrogens (tertiary/aromatic N) is 3. The molecule has 2 heterocycles. The van der Waals surface area contributed by atoms with E-state index in [1.807, 2.05) is 6.92 Å². The van der Waals surface area contributed by atoms with Crippen LogP contribution in [0.15, 0.2) is 24.3 Å². The Kier molecular flexibility index (Phi) is 4.69. The molecule has 2 aromatic rings. The van der Waals surface area contributed by atoms with Gasteiger partial charge in [-0.15, -0.1) is 0 Å². The van der Waals surface area contributed by atoms with Crippen molar-refractivity contribution in [2.45, 2.75) is 32.6 Å². The first-order valence-corrected chi connectivity index (χ1v) is 7.95. The first-order chi connectivity index (χ1) is 11.1. The van der Waals surface area contributed by atoms with Crippen molar-refractivity contribution in [2.24, 2.45) is 0 Å². The van der Waals surface area contributed by atoms with Gasteiger partial charge in [0, 0.05) is 24.8 Å². The zero-order valence-corrected chi connectivity index (χ0v) is 13.1. The maximum atomic E-state index is 13.8. The number of hydrogen-bond acceptors (Lipinski definition) is 4. The molecule has 1 fully saturated rings. The Labute approximate surface area is 134 Å². The van der Waals surface area contributed by atoms with Gasteiger partial charge in [0.25, 0.3) is 0 Å². The molecule has 4 nitrogen and oxygen atoms in total. The number of halogens is 2. The highest BCUT2D eigenvalue weighted by Gasteiger charge is 2.15. The molecule has 1 aromatic carbocycles. The largest absolute Gasteiger partial charge is 0.341 e. The summed E-state index contributed by atoms with van der Waals surface area (Å²) < 4.78 is 27.6. The van der Waals surface area contributed by atoms with Gasteiger partial charge in [-0.05, 0) is 31.9 Å². The molecule has 122 valence electrons. The fourth-order valence-electron chi connectivity index (χ4n) is 2.77. The topological polar surface area (TPSA) is 41.1 Å². The van der Waals surface area contributed by atoms with Crippen LogP contribution in [-0.2, 0) is 0 Å². The monoisotopic (exact) mass is 318 g/mol. The predicted octanol–water partition coefficient (Wildman–Crippen LogP) is 4.19. The van der Waals surface area contributed by atoms with Crippen LogP contribution in [0.5, 0.6) is 0 Å². The van der Waals surface area contributed by atoms with Gasteiger partial charge in [-0.1, -0.05) is 18.9 Å². The van der Waals surface area contributed by atoms with E-state index in [9.17, 15) is 8.78 Å². The van der Waals surface area contributed by atoms with Crippen molar-refractivity contribution in [1.82, 2.24) is 9.97 Å². The Morgan fingerprint density at radius 2 is 1.65 bits per heavy atom. The van der Waals surface area contributed by atoms with Gasteiger partial charge in [0.15, 0.2) is 0 Å². The average Bonchev–Trinajstić information content (AvgIpc) is 2.80. The van der Waals surface area contributed by atoms with Gasteiger partial charge in [0.2, 0.25) is 5.95 Å². The van der Waals surface area contributed by atoms with Gasteiger partial charge in [-0.3, -0.25) is 0 Å². The van der Waals surface area contributed by atoms with E-state index in [0.717, 1.165) is 31.6 Å². The maximum Gasteiger partial charge on any atom is 0.227 e. The van der Waals surface area contributed by atoms with E-state index in [2.05, 4.69) is 20.2 Å². The molecule has 0 saturated carbocycles. The number of anilines is 3. The van der Waals surface area contributed by atoms with Crippen LogP contribution in [0.2, 0.25) is 0 Å². The fraction of sp³-hybridized carbons (Fsp3) is 0.412. The van der Waals surface area contributed by atoms with Gasteiger partial charge in [0.1, 0.15) is 23.1 Å². The van der Waals surface area contributed by atoms with Gasteiger partial charge >= 0.3 is 0 Å². The maximum absolute atomic E-state index is 13.8. The molecule has 3 rings (SSSR count). The van der Waals surface area contributed by atoms with Crippen LogP contribution in [0.3, 0.4) is 0 Å². The Morgan fingerprint density at radius 3 is 2.30 bits per heavy atom. The van der Waals surface area contributed by atoms with E-state index in [1.165, 1.54) is 31.0 Å². The molecule has 1 N–H and O–H groups in total. The van der Waals surface area contributed by atoms with Crippen LogP contribution in [0, 0.1) is 18.6 Å². The third kappa shape index (κ3) is 3.75. The van der Waals surface area contributed by atoms with Crippen LogP contribution in [-0.4, -0.2) is 23.1 Å². The van der Waals surface area contributed by atoms with Crippen LogP contribution in [0.4, 0.5) is 26.2 Å². The highest BCUT2D eigenvalue weighted by molar-refractivity contribution is 5.59. The van der Waals surface area contributed by atoms with Crippen molar-refractivity contribution in [2.75, 3.05) is 23.3 Å². The number of para-hydroxylation sites is 1. The fourth-order valence-corrected chi connectivity index (χ4v) is 2.77. The smallest absolute Gasteiger partial charge is 0.227 e.